The van der Waals surface area contributed by atoms with Gasteiger partial charge in [-0.25, -0.2) is 9.88 Å². The lowest BCUT2D eigenvalue weighted by atomic mass is 10.3. The van der Waals surface area contributed by atoms with Crippen LogP contribution in [0.5, 0.6) is 0 Å². The fourth-order valence-electron chi connectivity index (χ4n) is 2.74. The molecule has 6 heteroatoms. The molecular weight excluding hydrogens is 292 g/mol. The van der Waals surface area contributed by atoms with Gasteiger partial charge in [0.2, 0.25) is 5.95 Å². The third-order valence-corrected chi connectivity index (χ3v) is 3.74. The lowest BCUT2D eigenvalue weighted by Crippen LogP contribution is -2.31. The normalized spacial score (nSPS) is 14.6. The Morgan fingerprint density at radius 1 is 0.913 bits per heavy atom. The molecule has 6 nitrogen and oxygen atoms in total. The van der Waals surface area contributed by atoms with Crippen LogP contribution in [0.2, 0.25) is 0 Å². The number of amides is 2. The summed E-state index contributed by atoms with van der Waals surface area (Å²) in [5, 5.41) is 0. The Kier molecular flexibility index (Phi) is 2.77. The molecule has 112 valence electrons. The van der Waals surface area contributed by atoms with E-state index in [0.29, 0.717) is 16.7 Å². The number of nitrogens with two attached hydrogens (primary N) is 1. The van der Waals surface area contributed by atoms with Crippen molar-refractivity contribution in [3.8, 4) is 0 Å². The predicted molar refractivity (Wildman–Crippen MR) is 87.4 cm³/mol. The van der Waals surface area contributed by atoms with Gasteiger partial charge >= 0.3 is 0 Å². The number of nitrogens with zero attached hydrogens (tertiary/aromatic N) is 3. The van der Waals surface area contributed by atoms with Crippen molar-refractivity contribution in [1.82, 2.24) is 9.55 Å². The fourth-order valence-corrected chi connectivity index (χ4v) is 2.74. The minimum absolute atomic E-state index is 0.175. The van der Waals surface area contributed by atoms with E-state index in [2.05, 4.69) is 4.98 Å². The first-order valence-electron chi connectivity index (χ1n) is 7.05. The molecule has 0 unspecified atom stereocenters. The summed E-state index contributed by atoms with van der Waals surface area (Å²) in [4.78, 5) is 30.4. The summed E-state index contributed by atoms with van der Waals surface area (Å²) < 4.78 is 1.51. The molecule has 0 spiro atoms. The molecule has 1 aliphatic heterocycles. The van der Waals surface area contributed by atoms with Gasteiger partial charge in [-0.1, -0.05) is 30.3 Å². The molecule has 2 heterocycles. The topological polar surface area (TPSA) is 81.2 Å². The van der Waals surface area contributed by atoms with Crippen LogP contribution >= 0.6 is 0 Å². The monoisotopic (exact) mass is 304 g/mol. The smallest absolute Gasteiger partial charge is 0.282 e. The van der Waals surface area contributed by atoms with Crippen LogP contribution in [0, 0.1) is 0 Å². The highest BCUT2D eigenvalue weighted by molar-refractivity contribution is 6.41. The number of aromatic nitrogens is 2. The molecule has 0 bridgehead atoms. The summed E-state index contributed by atoms with van der Waals surface area (Å²) in [7, 11) is 0. The van der Waals surface area contributed by atoms with E-state index in [9.17, 15) is 9.59 Å². The SMILES string of the molecule is Nc1nc2ccccc2n1C1=CC(=O)N(c2ccccc2)C1=O. The molecule has 0 fully saturated rings. The van der Waals surface area contributed by atoms with Crippen LogP contribution in [0.25, 0.3) is 16.7 Å². The largest absolute Gasteiger partial charge is 0.369 e. The van der Waals surface area contributed by atoms with E-state index >= 15 is 0 Å². The highest BCUT2D eigenvalue weighted by Gasteiger charge is 2.34. The van der Waals surface area contributed by atoms with Gasteiger partial charge in [0, 0.05) is 6.08 Å². The fraction of sp³-hybridized carbons (Fsp3) is 0. The van der Waals surface area contributed by atoms with Crippen LogP contribution in [0.15, 0.2) is 60.7 Å². The van der Waals surface area contributed by atoms with E-state index in [1.807, 2.05) is 24.3 Å². The predicted octanol–water partition coefficient (Wildman–Crippen LogP) is 2.03. The number of carbonyl (C=O) groups is 2. The van der Waals surface area contributed by atoms with Gasteiger partial charge in [-0.3, -0.25) is 14.2 Å². The van der Waals surface area contributed by atoms with Crippen molar-refractivity contribution in [2.75, 3.05) is 10.6 Å². The lowest BCUT2D eigenvalue weighted by Gasteiger charge is -2.15. The second-order valence-corrected chi connectivity index (χ2v) is 5.14. The molecule has 23 heavy (non-hydrogen) atoms. The standard InChI is InChI=1S/C17H12N4O2/c18-17-19-12-8-4-5-9-13(12)21(17)14-10-15(22)20(16(14)23)11-6-2-1-3-7-11/h1-10H,(H2,18,19). The van der Waals surface area contributed by atoms with Crippen molar-refractivity contribution in [2.45, 2.75) is 0 Å². The zero-order valence-corrected chi connectivity index (χ0v) is 12.0. The van der Waals surface area contributed by atoms with Crippen molar-refractivity contribution in [2.24, 2.45) is 0 Å². The third-order valence-electron chi connectivity index (χ3n) is 3.74. The van der Waals surface area contributed by atoms with Crippen LogP contribution in [0.4, 0.5) is 11.6 Å². The van der Waals surface area contributed by atoms with Gasteiger partial charge in [-0.2, -0.15) is 0 Å². The number of hydrogen-bond acceptors (Lipinski definition) is 4. The van der Waals surface area contributed by atoms with Gasteiger partial charge in [-0.05, 0) is 24.3 Å². The Morgan fingerprint density at radius 3 is 2.39 bits per heavy atom. The zero-order valence-electron chi connectivity index (χ0n) is 12.0. The molecule has 2 N–H and O–H groups in total. The van der Waals surface area contributed by atoms with Crippen LogP contribution in [-0.2, 0) is 9.59 Å². The summed E-state index contributed by atoms with van der Waals surface area (Å²) >= 11 is 0. The summed E-state index contributed by atoms with van der Waals surface area (Å²) in [5.41, 5.74) is 8.04. The minimum atomic E-state index is -0.420. The highest BCUT2D eigenvalue weighted by Crippen LogP contribution is 2.29. The van der Waals surface area contributed by atoms with Crippen molar-refractivity contribution in [1.29, 1.82) is 0 Å². The number of benzene rings is 2. The van der Waals surface area contributed by atoms with Gasteiger partial charge in [0.05, 0.1) is 16.7 Å². The van der Waals surface area contributed by atoms with Gasteiger partial charge in [0.25, 0.3) is 11.8 Å². The minimum Gasteiger partial charge on any atom is -0.369 e. The average molecular weight is 304 g/mol. The second-order valence-electron chi connectivity index (χ2n) is 5.14. The molecule has 3 aromatic rings. The summed E-state index contributed by atoms with van der Waals surface area (Å²) in [6, 6.07) is 16.1. The molecule has 4 rings (SSSR count). The first-order valence-corrected chi connectivity index (χ1v) is 7.05. The number of rotatable bonds is 2. The maximum atomic E-state index is 12.7. The van der Waals surface area contributed by atoms with E-state index in [4.69, 9.17) is 5.73 Å². The van der Waals surface area contributed by atoms with Gasteiger partial charge in [0.1, 0.15) is 5.70 Å². The quantitative estimate of drug-likeness (QED) is 0.735. The maximum absolute atomic E-state index is 12.7. The lowest BCUT2D eigenvalue weighted by molar-refractivity contribution is -0.119. The summed E-state index contributed by atoms with van der Waals surface area (Å²) in [5.74, 6) is -0.641. The van der Waals surface area contributed by atoms with Crippen LogP contribution in [0.1, 0.15) is 0 Å². The Hall–Kier alpha value is -3.41. The van der Waals surface area contributed by atoms with Crippen LogP contribution in [-0.4, -0.2) is 21.4 Å². The Labute approximate surface area is 131 Å². The number of imide groups is 1. The molecule has 1 aromatic heterocycles. The van der Waals surface area contributed by atoms with Crippen molar-refractivity contribution in [3.05, 3.63) is 60.7 Å². The van der Waals surface area contributed by atoms with E-state index < -0.39 is 11.8 Å². The molecule has 0 atom stereocenters. The number of carbonyl (C=O) groups excluding carboxylic acids is 2. The van der Waals surface area contributed by atoms with Crippen molar-refractivity contribution >= 4 is 40.2 Å². The number of nitrogen functional groups attached to an aromatic ring is 1. The molecule has 0 saturated heterocycles. The Morgan fingerprint density at radius 2 is 1.61 bits per heavy atom. The van der Waals surface area contributed by atoms with E-state index in [-0.39, 0.29) is 11.6 Å². The van der Waals surface area contributed by atoms with E-state index in [1.165, 1.54) is 10.6 Å². The van der Waals surface area contributed by atoms with E-state index in [0.717, 1.165) is 4.90 Å². The van der Waals surface area contributed by atoms with Crippen LogP contribution < -0.4 is 10.6 Å². The summed E-state index contributed by atoms with van der Waals surface area (Å²) in [6.07, 6.45) is 1.29. The van der Waals surface area contributed by atoms with E-state index in [1.54, 1.807) is 30.3 Å². The first-order chi connectivity index (χ1) is 11.2. The van der Waals surface area contributed by atoms with Crippen molar-refractivity contribution in [3.63, 3.8) is 0 Å². The van der Waals surface area contributed by atoms with Crippen molar-refractivity contribution < 1.29 is 9.59 Å². The Balaban J connectivity index is 1.84. The first kappa shape index (κ1) is 13.3. The van der Waals surface area contributed by atoms with Gasteiger partial charge < -0.3 is 5.73 Å². The third kappa shape index (κ3) is 1.92. The molecule has 0 radical (unpaired) electrons. The Bertz CT molecular complexity index is 973. The number of para-hydroxylation sites is 3. The molecule has 2 amide bonds. The number of imidazole rings is 1. The number of fused-ring (bicyclic) bond motifs is 1. The van der Waals surface area contributed by atoms with Crippen LogP contribution in [0.3, 0.4) is 0 Å². The molecule has 0 saturated carbocycles. The van der Waals surface area contributed by atoms with Gasteiger partial charge in [-0.15, -0.1) is 0 Å². The average Bonchev–Trinajstić information content (AvgIpc) is 3.03. The molecule has 2 aromatic carbocycles. The van der Waals surface area contributed by atoms with Gasteiger partial charge in [0.15, 0.2) is 0 Å². The number of anilines is 2. The maximum Gasteiger partial charge on any atom is 0.282 e. The highest BCUT2D eigenvalue weighted by atomic mass is 16.2. The molecule has 1 aliphatic rings. The molecule has 0 aliphatic carbocycles. The molecular formula is C17H12N4O2. The summed E-state index contributed by atoms with van der Waals surface area (Å²) in [6.45, 7) is 0. The second kappa shape index (κ2) is 4.81. The zero-order chi connectivity index (χ0) is 16.0. The number of hydrogen-bond donors (Lipinski definition) is 1.